The molecule has 6 nitrogen and oxygen atoms in total. The molecule has 0 spiro atoms. The van der Waals surface area contributed by atoms with Gasteiger partial charge < -0.3 is 4.74 Å². The van der Waals surface area contributed by atoms with E-state index in [1.807, 2.05) is 60.7 Å². The molecule has 0 unspecified atom stereocenters. The van der Waals surface area contributed by atoms with Gasteiger partial charge in [0.25, 0.3) is 5.91 Å². The molecule has 3 rings (SSSR count). The number of methoxy groups -OCH3 is 1. The number of amides is 1. The average molecular weight is 346 g/mol. The monoisotopic (exact) mass is 346 g/mol. The van der Waals surface area contributed by atoms with Crippen molar-refractivity contribution < 1.29 is 9.53 Å². The molecule has 3 aromatic rings. The van der Waals surface area contributed by atoms with Gasteiger partial charge in [-0.2, -0.15) is 10.2 Å². The number of rotatable bonds is 6. The molecule has 0 saturated heterocycles. The van der Waals surface area contributed by atoms with E-state index in [0.717, 1.165) is 11.1 Å². The number of para-hydroxylation sites is 1. The Balaban J connectivity index is 1.61. The van der Waals surface area contributed by atoms with Gasteiger partial charge in [0, 0.05) is 11.8 Å². The first kappa shape index (κ1) is 17.2. The third-order valence-electron chi connectivity index (χ3n) is 3.62. The molecule has 0 aliphatic heterocycles. The Labute approximate surface area is 151 Å². The van der Waals surface area contributed by atoms with Crippen molar-refractivity contribution in [1.29, 1.82) is 0 Å². The van der Waals surface area contributed by atoms with E-state index in [1.54, 1.807) is 19.3 Å². The molecule has 130 valence electrons. The molecule has 0 atom stereocenters. The van der Waals surface area contributed by atoms with Gasteiger partial charge in [-0.25, -0.2) is 5.43 Å². The molecule has 1 heterocycles. The molecule has 6 heteroatoms. The van der Waals surface area contributed by atoms with Gasteiger partial charge in [0.15, 0.2) is 0 Å². The van der Waals surface area contributed by atoms with E-state index in [1.165, 1.54) is 6.21 Å². The van der Waals surface area contributed by atoms with E-state index in [4.69, 9.17) is 4.74 Å². The highest BCUT2D eigenvalue weighted by Gasteiger charge is 2.12. The van der Waals surface area contributed by atoms with E-state index in [9.17, 15) is 4.79 Å². The summed E-state index contributed by atoms with van der Waals surface area (Å²) in [5.41, 5.74) is 5.26. The molecule has 0 aliphatic rings. The average Bonchev–Trinajstić information content (AvgIpc) is 3.18. The number of benzene rings is 2. The highest BCUT2D eigenvalue weighted by atomic mass is 16.5. The molecular formula is C20H18N4O2. The highest BCUT2D eigenvalue weighted by Crippen LogP contribution is 2.28. The number of ether oxygens (including phenoxy) is 1. The molecule has 26 heavy (non-hydrogen) atoms. The Hall–Kier alpha value is -3.67. The van der Waals surface area contributed by atoms with Gasteiger partial charge in [0.05, 0.1) is 12.8 Å². The number of aromatic amines is 1. The summed E-state index contributed by atoms with van der Waals surface area (Å²) in [5, 5.41) is 10.8. The number of allylic oxidation sites excluding steroid dienone is 1. The number of hydrogen-bond donors (Lipinski definition) is 2. The van der Waals surface area contributed by atoms with Crippen molar-refractivity contribution in [3.05, 3.63) is 78.0 Å². The molecule has 0 saturated carbocycles. The maximum atomic E-state index is 12.1. The minimum Gasteiger partial charge on any atom is -0.496 e. The Bertz CT molecular complexity index is 930. The van der Waals surface area contributed by atoms with E-state index >= 15 is 0 Å². The molecule has 1 aromatic heterocycles. The van der Waals surface area contributed by atoms with Gasteiger partial charge in [-0.15, -0.1) is 0 Å². The first-order valence-corrected chi connectivity index (χ1v) is 8.02. The second-order valence-electron chi connectivity index (χ2n) is 5.36. The predicted molar refractivity (Wildman–Crippen MR) is 102 cm³/mol. The fraction of sp³-hybridized carbons (Fsp3) is 0.0500. The molecule has 2 N–H and O–H groups in total. The summed E-state index contributed by atoms with van der Waals surface area (Å²) in [6.07, 6.45) is 5.16. The molecule has 2 aromatic carbocycles. The van der Waals surface area contributed by atoms with Crippen LogP contribution in [0.1, 0.15) is 16.1 Å². The van der Waals surface area contributed by atoms with E-state index < -0.39 is 0 Å². The topological polar surface area (TPSA) is 79.4 Å². The van der Waals surface area contributed by atoms with Crippen LogP contribution in [0.5, 0.6) is 5.75 Å². The van der Waals surface area contributed by atoms with Crippen molar-refractivity contribution in [3.63, 3.8) is 0 Å². The Morgan fingerprint density at radius 1 is 1.15 bits per heavy atom. The summed E-state index contributed by atoms with van der Waals surface area (Å²) in [6, 6.07) is 19.0. The van der Waals surface area contributed by atoms with Gasteiger partial charge in [0.1, 0.15) is 11.4 Å². The van der Waals surface area contributed by atoms with Crippen LogP contribution in [0.4, 0.5) is 0 Å². The third kappa shape index (κ3) is 4.24. The minimum absolute atomic E-state index is 0.315. The molecule has 0 bridgehead atoms. The van der Waals surface area contributed by atoms with Crippen molar-refractivity contribution in [2.24, 2.45) is 5.10 Å². The van der Waals surface area contributed by atoms with Gasteiger partial charge in [-0.1, -0.05) is 48.5 Å². The number of carbonyl (C=O) groups excluding carboxylic acids is 1. The highest BCUT2D eigenvalue weighted by molar-refractivity contribution is 5.94. The van der Waals surface area contributed by atoms with Crippen LogP contribution in [0.2, 0.25) is 0 Å². The molecule has 0 fully saturated rings. The lowest BCUT2D eigenvalue weighted by molar-refractivity contribution is 0.0950. The quantitative estimate of drug-likeness (QED) is 0.529. The first-order chi connectivity index (χ1) is 12.8. The Kier molecular flexibility index (Phi) is 5.57. The van der Waals surface area contributed by atoms with Gasteiger partial charge in [-0.05, 0) is 29.8 Å². The zero-order chi connectivity index (χ0) is 18.2. The van der Waals surface area contributed by atoms with Crippen LogP contribution in [-0.4, -0.2) is 29.4 Å². The maximum Gasteiger partial charge on any atom is 0.289 e. The van der Waals surface area contributed by atoms with E-state index in [0.29, 0.717) is 17.1 Å². The van der Waals surface area contributed by atoms with Crippen LogP contribution < -0.4 is 10.2 Å². The van der Waals surface area contributed by atoms with Crippen LogP contribution in [0.15, 0.2) is 71.8 Å². The van der Waals surface area contributed by atoms with Crippen molar-refractivity contribution in [2.45, 2.75) is 0 Å². The van der Waals surface area contributed by atoms with E-state index in [-0.39, 0.29) is 5.91 Å². The third-order valence-corrected chi connectivity index (χ3v) is 3.62. The van der Waals surface area contributed by atoms with Crippen LogP contribution in [0.25, 0.3) is 17.3 Å². The van der Waals surface area contributed by atoms with Crippen molar-refractivity contribution in [3.8, 4) is 17.0 Å². The zero-order valence-corrected chi connectivity index (χ0v) is 14.2. The predicted octanol–water partition coefficient (Wildman–Crippen LogP) is 3.51. The molecule has 1 amide bonds. The number of nitrogens with one attached hydrogen (secondary N) is 2. The summed E-state index contributed by atoms with van der Waals surface area (Å²) in [4.78, 5) is 12.1. The number of nitrogens with zero attached hydrogens (tertiary/aromatic N) is 2. The second kappa shape index (κ2) is 8.43. The van der Waals surface area contributed by atoms with Crippen LogP contribution in [-0.2, 0) is 0 Å². The summed E-state index contributed by atoms with van der Waals surface area (Å²) in [5.74, 6) is 0.318. The van der Waals surface area contributed by atoms with Crippen molar-refractivity contribution in [1.82, 2.24) is 15.6 Å². The van der Waals surface area contributed by atoms with Gasteiger partial charge >= 0.3 is 0 Å². The molecule has 0 radical (unpaired) electrons. The normalized spacial score (nSPS) is 11.1. The standard InChI is InChI=1S/C20H18N4O2/c1-26-19-12-6-5-11-16(19)17-14-18(23-22-17)20(25)24-21-13-7-10-15-8-3-2-4-9-15/h2-14H,1H3,(H,22,23)(H,24,25)/b10-7+,21-13+. The van der Waals surface area contributed by atoms with Crippen LogP contribution in [0, 0.1) is 0 Å². The van der Waals surface area contributed by atoms with E-state index in [2.05, 4.69) is 20.7 Å². The number of hydrazone groups is 1. The van der Waals surface area contributed by atoms with Gasteiger partial charge in [0.2, 0.25) is 0 Å². The van der Waals surface area contributed by atoms with Crippen LogP contribution in [0.3, 0.4) is 0 Å². The number of hydrogen-bond acceptors (Lipinski definition) is 4. The Morgan fingerprint density at radius 2 is 1.92 bits per heavy atom. The zero-order valence-electron chi connectivity index (χ0n) is 14.2. The van der Waals surface area contributed by atoms with Gasteiger partial charge in [-0.3, -0.25) is 9.89 Å². The lowest BCUT2D eigenvalue weighted by atomic mass is 10.1. The number of H-pyrrole nitrogens is 1. The number of carbonyl (C=O) groups is 1. The lowest BCUT2D eigenvalue weighted by Gasteiger charge is -2.04. The molecular weight excluding hydrogens is 328 g/mol. The second-order valence-corrected chi connectivity index (χ2v) is 5.36. The summed E-state index contributed by atoms with van der Waals surface area (Å²) < 4.78 is 5.31. The van der Waals surface area contributed by atoms with Crippen LogP contribution >= 0.6 is 0 Å². The summed E-state index contributed by atoms with van der Waals surface area (Å²) >= 11 is 0. The number of aromatic nitrogens is 2. The summed E-state index contributed by atoms with van der Waals surface area (Å²) in [6.45, 7) is 0. The fourth-order valence-corrected chi connectivity index (χ4v) is 2.35. The fourth-order valence-electron chi connectivity index (χ4n) is 2.35. The van der Waals surface area contributed by atoms with Crippen molar-refractivity contribution in [2.75, 3.05) is 7.11 Å². The maximum absolute atomic E-state index is 12.1. The Morgan fingerprint density at radius 3 is 2.73 bits per heavy atom. The SMILES string of the molecule is COc1ccccc1-c1cc(C(=O)N/N=C/C=C/c2ccccc2)[nH]n1. The minimum atomic E-state index is -0.372. The largest absolute Gasteiger partial charge is 0.496 e. The smallest absolute Gasteiger partial charge is 0.289 e. The van der Waals surface area contributed by atoms with Crippen molar-refractivity contribution >= 4 is 18.2 Å². The first-order valence-electron chi connectivity index (χ1n) is 8.02. The lowest BCUT2D eigenvalue weighted by Crippen LogP contribution is -2.17. The summed E-state index contributed by atoms with van der Waals surface area (Å²) in [7, 11) is 1.59. The molecule has 0 aliphatic carbocycles.